The minimum atomic E-state index is 0.00132. The van der Waals surface area contributed by atoms with Gasteiger partial charge in [0.2, 0.25) is 0 Å². The lowest BCUT2D eigenvalue weighted by Crippen LogP contribution is -2.25. The largest absolute Gasteiger partial charge is 0.234 e. The Morgan fingerprint density at radius 3 is 1.52 bits per heavy atom. The molecule has 1 aliphatic rings. The van der Waals surface area contributed by atoms with Crippen LogP contribution in [0.25, 0.3) is 11.4 Å². The Kier molecular flexibility index (Phi) is 7.16. The number of rotatable bonds is 10. The number of hydrogen-bond donors (Lipinski definition) is 0. The Morgan fingerprint density at radius 2 is 1.11 bits per heavy atom. The average Bonchev–Trinajstić information content (AvgIpc) is 2.92. The van der Waals surface area contributed by atoms with Crippen molar-refractivity contribution in [3.8, 4) is 11.4 Å². The number of halogens is 2. The van der Waals surface area contributed by atoms with Gasteiger partial charge in [-0.05, 0) is 36.1 Å². The molecule has 1 aliphatic carbocycles. The standard InChI is InChI=1S/C23H30Cl2N2/c1-3-5-7-9-15-23(16-10-8-6-4-2)17-11-13-19(24)26-21(17)22-18(23)12-14-20(25)27-22/h11-14H,3-10,15-16H2,1-2H3. The van der Waals surface area contributed by atoms with Gasteiger partial charge in [0.05, 0.1) is 11.4 Å². The molecule has 0 fully saturated rings. The lowest BCUT2D eigenvalue weighted by molar-refractivity contribution is 0.400. The van der Waals surface area contributed by atoms with Gasteiger partial charge in [-0.2, -0.15) is 0 Å². The second-order valence-corrected chi connectivity index (χ2v) is 8.54. The first-order valence-electron chi connectivity index (χ1n) is 10.5. The van der Waals surface area contributed by atoms with Crippen LogP contribution in [0.3, 0.4) is 0 Å². The number of hydrogen-bond acceptors (Lipinski definition) is 2. The number of pyridine rings is 2. The van der Waals surface area contributed by atoms with Gasteiger partial charge < -0.3 is 0 Å². The van der Waals surface area contributed by atoms with E-state index in [1.54, 1.807) is 0 Å². The van der Waals surface area contributed by atoms with E-state index in [0.717, 1.165) is 24.2 Å². The molecule has 4 heteroatoms. The van der Waals surface area contributed by atoms with Crippen molar-refractivity contribution in [1.29, 1.82) is 0 Å². The summed E-state index contributed by atoms with van der Waals surface area (Å²) >= 11 is 12.5. The van der Waals surface area contributed by atoms with Crippen molar-refractivity contribution in [1.82, 2.24) is 9.97 Å². The van der Waals surface area contributed by atoms with E-state index < -0.39 is 0 Å². The molecule has 3 rings (SSSR count). The van der Waals surface area contributed by atoms with Crippen LogP contribution in [0.5, 0.6) is 0 Å². The summed E-state index contributed by atoms with van der Waals surface area (Å²) in [6.07, 6.45) is 12.4. The fourth-order valence-electron chi connectivity index (χ4n) is 4.52. The van der Waals surface area contributed by atoms with Crippen LogP contribution in [0, 0.1) is 0 Å². The van der Waals surface area contributed by atoms with Crippen LogP contribution in [0.1, 0.15) is 89.2 Å². The fourth-order valence-corrected chi connectivity index (χ4v) is 4.81. The van der Waals surface area contributed by atoms with E-state index in [1.807, 2.05) is 12.1 Å². The van der Waals surface area contributed by atoms with Gasteiger partial charge in [-0.15, -0.1) is 0 Å². The van der Waals surface area contributed by atoms with Crippen LogP contribution in [0.2, 0.25) is 10.3 Å². The van der Waals surface area contributed by atoms with E-state index in [-0.39, 0.29) is 5.41 Å². The summed E-state index contributed by atoms with van der Waals surface area (Å²) in [7, 11) is 0. The van der Waals surface area contributed by atoms with Crippen LogP contribution in [0.4, 0.5) is 0 Å². The van der Waals surface area contributed by atoms with Gasteiger partial charge in [-0.3, -0.25) is 0 Å². The summed E-state index contributed by atoms with van der Waals surface area (Å²) in [5, 5.41) is 1.04. The highest BCUT2D eigenvalue weighted by Crippen LogP contribution is 2.53. The average molecular weight is 405 g/mol. The summed E-state index contributed by atoms with van der Waals surface area (Å²) in [5.74, 6) is 0. The lowest BCUT2D eigenvalue weighted by atomic mass is 9.71. The van der Waals surface area contributed by atoms with Crippen LogP contribution in [0.15, 0.2) is 24.3 Å². The topological polar surface area (TPSA) is 25.8 Å². The highest BCUT2D eigenvalue weighted by molar-refractivity contribution is 6.30. The van der Waals surface area contributed by atoms with Crippen molar-refractivity contribution in [3.63, 3.8) is 0 Å². The predicted molar refractivity (Wildman–Crippen MR) is 116 cm³/mol. The molecule has 0 saturated carbocycles. The van der Waals surface area contributed by atoms with Gasteiger partial charge in [-0.25, -0.2) is 9.97 Å². The summed E-state index contributed by atoms with van der Waals surface area (Å²) in [4.78, 5) is 9.33. The molecule has 27 heavy (non-hydrogen) atoms. The van der Waals surface area contributed by atoms with E-state index in [9.17, 15) is 0 Å². The van der Waals surface area contributed by atoms with Crippen LogP contribution in [-0.4, -0.2) is 9.97 Å². The van der Waals surface area contributed by atoms with Crippen molar-refractivity contribution in [3.05, 3.63) is 45.7 Å². The Morgan fingerprint density at radius 1 is 0.667 bits per heavy atom. The van der Waals surface area contributed by atoms with Gasteiger partial charge in [0.15, 0.2) is 0 Å². The molecular weight excluding hydrogens is 375 g/mol. The number of aromatic nitrogens is 2. The SMILES string of the molecule is CCCCCCC1(CCCCCC)c2ccc(Cl)nc2-c2nc(Cl)ccc21. The molecule has 2 aromatic heterocycles. The highest BCUT2D eigenvalue weighted by Gasteiger charge is 2.44. The first-order chi connectivity index (χ1) is 13.1. The van der Waals surface area contributed by atoms with Gasteiger partial charge in [-0.1, -0.05) is 101 Å². The van der Waals surface area contributed by atoms with Crippen LogP contribution < -0.4 is 0 Å². The fraction of sp³-hybridized carbons (Fsp3) is 0.565. The van der Waals surface area contributed by atoms with Crippen LogP contribution in [-0.2, 0) is 5.41 Å². The molecular formula is C23H30Cl2N2. The van der Waals surface area contributed by atoms with Crippen molar-refractivity contribution in [2.45, 2.75) is 83.5 Å². The van der Waals surface area contributed by atoms with Gasteiger partial charge >= 0.3 is 0 Å². The van der Waals surface area contributed by atoms with Gasteiger partial charge in [0.25, 0.3) is 0 Å². The monoisotopic (exact) mass is 404 g/mol. The molecule has 0 unspecified atom stereocenters. The van der Waals surface area contributed by atoms with Crippen molar-refractivity contribution < 1.29 is 0 Å². The summed E-state index contributed by atoms with van der Waals surface area (Å²) in [5.41, 5.74) is 4.47. The molecule has 2 heterocycles. The molecule has 0 atom stereocenters. The van der Waals surface area contributed by atoms with E-state index >= 15 is 0 Å². The normalized spacial score (nSPS) is 14.2. The quantitative estimate of drug-likeness (QED) is 0.296. The molecule has 0 saturated heterocycles. The molecule has 0 radical (unpaired) electrons. The highest BCUT2D eigenvalue weighted by atomic mass is 35.5. The van der Waals surface area contributed by atoms with Crippen molar-refractivity contribution >= 4 is 23.2 Å². The van der Waals surface area contributed by atoms with E-state index in [4.69, 9.17) is 23.2 Å². The number of nitrogens with zero attached hydrogens (tertiary/aromatic N) is 2. The smallest absolute Gasteiger partial charge is 0.129 e. The second-order valence-electron chi connectivity index (χ2n) is 7.76. The summed E-state index contributed by atoms with van der Waals surface area (Å²) in [6, 6.07) is 8.22. The minimum Gasteiger partial charge on any atom is -0.234 e. The second kappa shape index (κ2) is 9.39. The molecule has 0 amide bonds. The molecule has 0 spiro atoms. The maximum absolute atomic E-state index is 6.24. The number of unbranched alkanes of at least 4 members (excludes halogenated alkanes) is 6. The van der Waals surface area contributed by atoms with Gasteiger partial charge in [0, 0.05) is 5.41 Å². The molecule has 2 nitrogen and oxygen atoms in total. The zero-order chi connectivity index (χ0) is 19.3. The first kappa shape index (κ1) is 20.6. The van der Waals surface area contributed by atoms with Crippen LogP contribution >= 0.6 is 23.2 Å². The third kappa shape index (κ3) is 4.32. The van der Waals surface area contributed by atoms with Crippen molar-refractivity contribution in [2.24, 2.45) is 0 Å². The third-order valence-corrected chi connectivity index (χ3v) is 6.31. The summed E-state index contributed by atoms with van der Waals surface area (Å²) in [6.45, 7) is 4.52. The molecule has 0 aliphatic heterocycles. The molecule has 2 aromatic rings. The van der Waals surface area contributed by atoms with E-state index in [1.165, 1.54) is 62.5 Å². The number of fused-ring (bicyclic) bond motifs is 3. The predicted octanol–water partition coefficient (Wildman–Crippen LogP) is 7.99. The van der Waals surface area contributed by atoms with Gasteiger partial charge in [0.1, 0.15) is 10.3 Å². The Labute approximate surface area is 173 Å². The maximum Gasteiger partial charge on any atom is 0.129 e. The molecule has 0 bridgehead atoms. The molecule has 146 valence electrons. The molecule has 0 N–H and O–H groups in total. The minimum absolute atomic E-state index is 0.00132. The van der Waals surface area contributed by atoms with E-state index in [2.05, 4.69) is 35.9 Å². The first-order valence-corrected chi connectivity index (χ1v) is 11.2. The third-order valence-electron chi connectivity index (χ3n) is 5.89. The lowest BCUT2D eigenvalue weighted by Gasteiger charge is -2.32. The Hall–Kier alpha value is -1.12. The van der Waals surface area contributed by atoms with Crippen molar-refractivity contribution in [2.75, 3.05) is 0 Å². The summed E-state index contributed by atoms with van der Waals surface area (Å²) < 4.78 is 0. The zero-order valence-corrected chi connectivity index (χ0v) is 18.0. The Balaban J connectivity index is 2.02. The zero-order valence-electron chi connectivity index (χ0n) is 16.5. The maximum atomic E-state index is 6.24. The molecule has 0 aromatic carbocycles. The Bertz CT molecular complexity index is 707. The van der Waals surface area contributed by atoms with E-state index in [0.29, 0.717) is 10.3 Å².